The molecule has 4 bridgehead atoms. The van der Waals surface area contributed by atoms with Gasteiger partial charge in [0.25, 0.3) is 0 Å². The van der Waals surface area contributed by atoms with Crippen LogP contribution in [0.5, 0.6) is 0 Å². The minimum absolute atomic E-state index is 0.0147. The first-order chi connectivity index (χ1) is 25.1. The lowest BCUT2D eigenvalue weighted by atomic mass is 9.85. The number of halogens is 1. The smallest absolute Gasteiger partial charge is 0.318 e. The number of hydrogen-bond donors (Lipinski definition) is 2. The molecule has 3 N–H and O–H groups in total. The van der Waals surface area contributed by atoms with Gasteiger partial charge in [0.05, 0.1) is 30.3 Å². The zero-order valence-electron chi connectivity index (χ0n) is 31.2. The van der Waals surface area contributed by atoms with Crippen LogP contribution in [0.1, 0.15) is 77.6 Å². The molecular formula is C38H59ClN2O11. The molecule has 4 aliphatic carbocycles. The lowest BCUT2D eigenvalue weighted by molar-refractivity contribution is -0.155. The van der Waals surface area contributed by atoms with Crippen LogP contribution in [0.4, 0.5) is 0 Å². The van der Waals surface area contributed by atoms with Crippen LogP contribution in [-0.2, 0) is 47.7 Å². The number of methoxy groups -OCH3 is 2. The van der Waals surface area contributed by atoms with Gasteiger partial charge in [-0.15, -0.1) is 11.6 Å². The van der Waals surface area contributed by atoms with Crippen molar-refractivity contribution in [3.8, 4) is 0 Å². The summed E-state index contributed by atoms with van der Waals surface area (Å²) in [6, 6.07) is 0. The van der Waals surface area contributed by atoms with Crippen molar-refractivity contribution in [2.45, 2.75) is 77.6 Å². The molecule has 2 heterocycles. The number of aliphatic carboxylic acids is 1. The topological polar surface area (TPSA) is 189 Å². The maximum atomic E-state index is 12.5. The Morgan fingerprint density at radius 3 is 1.67 bits per heavy atom. The van der Waals surface area contributed by atoms with E-state index in [0.717, 1.165) is 58.0 Å². The number of ether oxygens (including phenoxy) is 4. The third kappa shape index (κ3) is 12.8. The number of allylic oxidation sites excluding steroid dienone is 4. The molecule has 2 saturated carbocycles. The molecule has 6 aliphatic rings. The number of hydrogen-bond acceptors (Lipinski definition) is 11. The molecule has 0 aromatic carbocycles. The summed E-state index contributed by atoms with van der Waals surface area (Å²) < 4.78 is 19.1. The van der Waals surface area contributed by atoms with Crippen molar-refractivity contribution in [2.75, 3.05) is 53.5 Å². The van der Waals surface area contributed by atoms with Crippen LogP contribution in [-0.4, -0.2) is 99.2 Å². The highest BCUT2D eigenvalue weighted by atomic mass is 35.5. The molecule has 0 aromatic rings. The molecule has 8 atom stereocenters. The molecule has 13 nitrogen and oxygen atoms in total. The highest BCUT2D eigenvalue weighted by molar-refractivity contribution is 6.15. The fourth-order valence-corrected chi connectivity index (χ4v) is 7.71. The summed E-state index contributed by atoms with van der Waals surface area (Å²) >= 11 is 4.64. The van der Waals surface area contributed by atoms with Gasteiger partial charge in [0.15, 0.2) is 0 Å². The van der Waals surface area contributed by atoms with Gasteiger partial charge in [-0.3, -0.25) is 33.7 Å². The number of carboxylic acids is 1. The molecule has 4 unspecified atom stereocenters. The summed E-state index contributed by atoms with van der Waals surface area (Å²) in [5.74, 6) is -0.939. The second-order valence-electron chi connectivity index (χ2n) is 13.6. The van der Waals surface area contributed by atoms with Crippen LogP contribution >= 0.6 is 11.6 Å². The fraction of sp³-hybridized carbons (Fsp3) is 0.737. The third-order valence-electron chi connectivity index (χ3n) is 10.1. The molecule has 14 heteroatoms. The van der Waals surface area contributed by atoms with Crippen molar-refractivity contribution in [1.82, 2.24) is 4.90 Å². The van der Waals surface area contributed by atoms with Gasteiger partial charge in [0.1, 0.15) is 6.61 Å². The fourth-order valence-electron chi connectivity index (χ4n) is 7.71. The van der Waals surface area contributed by atoms with E-state index in [2.05, 4.69) is 35.4 Å². The number of carbonyl (C=O) groups is 6. The van der Waals surface area contributed by atoms with E-state index in [1.807, 2.05) is 12.2 Å². The van der Waals surface area contributed by atoms with Crippen molar-refractivity contribution in [1.29, 1.82) is 0 Å². The van der Waals surface area contributed by atoms with Crippen LogP contribution in [0.25, 0.3) is 0 Å². The van der Waals surface area contributed by atoms with Crippen LogP contribution < -0.4 is 5.73 Å². The van der Waals surface area contributed by atoms with Crippen LogP contribution in [0.15, 0.2) is 24.3 Å². The van der Waals surface area contributed by atoms with Gasteiger partial charge in [0, 0.05) is 46.6 Å². The highest BCUT2D eigenvalue weighted by Gasteiger charge is 2.59. The van der Waals surface area contributed by atoms with Crippen LogP contribution in [0, 0.1) is 47.3 Å². The number of alkyl halides is 1. The molecule has 0 radical (unpaired) electrons. The van der Waals surface area contributed by atoms with Crippen molar-refractivity contribution in [3.05, 3.63) is 24.3 Å². The Bertz CT molecular complexity index is 1180. The monoisotopic (exact) mass is 754 g/mol. The SMILES string of the molecule is CCCOC.CCl.COCCOC(=O)CCCCCN1C(=O)[C@@H]2C3C=CC(C3)[C@@H]2C1=O.NCCCCCC(=O)O.O=C1OC(=O)[C@H]2C3C=CC(C3)[C@@H]12. The Balaban J connectivity index is 0.000000277. The van der Waals surface area contributed by atoms with E-state index in [-0.39, 0.29) is 90.1 Å². The zero-order chi connectivity index (χ0) is 38.6. The predicted molar refractivity (Wildman–Crippen MR) is 194 cm³/mol. The zero-order valence-corrected chi connectivity index (χ0v) is 31.9. The Morgan fingerprint density at radius 2 is 1.23 bits per heavy atom. The van der Waals surface area contributed by atoms with Gasteiger partial charge in [0.2, 0.25) is 11.8 Å². The molecular weight excluding hydrogens is 696 g/mol. The van der Waals surface area contributed by atoms with E-state index in [1.165, 1.54) is 11.3 Å². The average Bonchev–Trinajstić information content (AvgIpc) is 3.99. The maximum Gasteiger partial charge on any atom is 0.318 e. The predicted octanol–water partition coefficient (Wildman–Crippen LogP) is 4.54. The van der Waals surface area contributed by atoms with Crippen LogP contribution in [0.3, 0.4) is 0 Å². The number of carboxylic acid groups (broad SMARTS) is 1. The number of esters is 3. The molecule has 0 aromatic heterocycles. The Kier molecular flexibility index (Phi) is 21.0. The Morgan fingerprint density at radius 1 is 0.750 bits per heavy atom. The molecule has 6 rings (SSSR count). The number of imide groups is 1. The number of nitrogens with zero attached hydrogens (tertiary/aromatic N) is 1. The summed E-state index contributed by atoms with van der Waals surface area (Å²) in [7, 11) is 3.27. The average molecular weight is 755 g/mol. The third-order valence-corrected chi connectivity index (χ3v) is 10.1. The first-order valence-electron chi connectivity index (χ1n) is 18.5. The molecule has 2 saturated heterocycles. The number of fused-ring (bicyclic) bond motifs is 10. The largest absolute Gasteiger partial charge is 0.481 e. The molecule has 52 heavy (non-hydrogen) atoms. The quantitative estimate of drug-likeness (QED) is 0.0560. The molecule has 2 amide bonds. The summed E-state index contributed by atoms with van der Waals surface area (Å²) in [5, 5.41) is 8.18. The molecule has 0 spiro atoms. The van der Waals surface area contributed by atoms with Crippen LogP contribution in [0.2, 0.25) is 0 Å². The van der Waals surface area contributed by atoms with E-state index in [4.69, 9.17) is 25.1 Å². The van der Waals surface area contributed by atoms with Gasteiger partial charge >= 0.3 is 23.9 Å². The van der Waals surface area contributed by atoms with Gasteiger partial charge in [-0.1, -0.05) is 44.1 Å². The number of amides is 2. The molecule has 294 valence electrons. The standard InChI is InChI=1S/C18H25NO5.C9H8O3.C6H13NO2.C4H10O.CH3Cl/c1-23-9-10-24-14(20)5-3-2-4-8-19-17(21)15-12-6-7-13(11-12)16(15)18(19)22;10-8-6-4-1-2-5(3-4)7(6)9(11)12-8;7-5-3-1-2-4-6(8)9;1-3-4-5-2;1-2/h6-7,12-13,15-16H,2-5,8-11H2,1H3;1-2,4-7H,3H2;1-5,7H2,(H,8,9);3-4H2,1-2H3;1H3/t12?,13?,15-,16+;4?,5?,6-,7+;;;. The normalized spacial score (nSPS) is 27.7. The van der Waals surface area contributed by atoms with Crippen molar-refractivity contribution in [2.24, 2.45) is 53.1 Å². The molecule has 4 fully saturated rings. The van der Waals surface area contributed by atoms with Crippen molar-refractivity contribution < 1.29 is 52.8 Å². The van der Waals surface area contributed by atoms with Gasteiger partial charge in [-0.25, -0.2) is 0 Å². The van der Waals surface area contributed by atoms with Gasteiger partial charge < -0.3 is 29.8 Å². The maximum absolute atomic E-state index is 12.5. The lowest BCUT2D eigenvalue weighted by Crippen LogP contribution is -2.33. The second kappa shape index (κ2) is 24.2. The van der Waals surface area contributed by atoms with E-state index in [1.54, 1.807) is 14.2 Å². The summed E-state index contributed by atoms with van der Waals surface area (Å²) in [6.07, 6.45) is 18.4. The minimum Gasteiger partial charge on any atom is -0.481 e. The highest BCUT2D eigenvalue weighted by Crippen LogP contribution is 2.53. The minimum atomic E-state index is -0.716. The second-order valence-corrected chi connectivity index (χ2v) is 13.6. The Hall–Kier alpha value is -3.13. The first kappa shape index (κ1) is 45.0. The van der Waals surface area contributed by atoms with E-state index >= 15 is 0 Å². The van der Waals surface area contributed by atoms with Gasteiger partial charge in [-0.05, 0) is 75.2 Å². The number of rotatable bonds is 16. The number of unbranched alkanes of at least 4 members (excludes halogenated alkanes) is 4. The van der Waals surface area contributed by atoms with Crippen molar-refractivity contribution in [3.63, 3.8) is 0 Å². The lowest BCUT2D eigenvalue weighted by Gasteiger charge is -2.16. The van der Waals surface area contributed by atoms with E-state index < -0.39 is 5.97 Å². The van der Waals surface area contributed by atoms with Crippen molar-refractivity contribution >= 4 is 47.3 Å². The number of carbonyl (C=O) groups excluding carboxylic acids is 5. The van der Waals surface area contributed by atoms with Gasteiger partial charge in [-0.2, -0.15) is 0 Å². The van der Waals surface area contributed by atoms with E-state index in [9.17, 15) is 28.8 Å². The van der Waals surface area contributed by atoms with E-state index in [0.29, 0.717) is 32.5 Å². The number of likely N-dealkylation sites (tertiary alicyclic amines) is 1. The number of cyclic esters (lactones) is 2. The summed E-state index contributed by atoms with van der Waals surface area (Å²) in [5.41, 5.74) is 5.20. The Labute approximate surface area is 312 Å². The summed E-state index contributed by atoms with van der Waals surface area (Å²) in [4.78, 5) is 70.2. The first-order valence-corrected chi connectivity index (χ1v) is 19.3. The molecule has 2 aliphatic heterocycles. The summed E-state index contributed by atoms with van der Waals surface area (Å²) in [6.45, 7) is 4.81. The number of nitrogens with two attached hydrogens (primary N) is 1.